The zero-order valence-corrected chi connectivity index (χ0v) is 4.81. The van der Waals surface area contributed by atoms with E-state index < -0.39 is 0 Å². The molecule has 0 N–H and O–H groups in total. The fourth-order valence-electron chi connectivity index (χ4n) is 0.191. The Labute approximate surface area is 44.1 Å². The van der Waals surface area contributed by atoms with Crippen LogP contribution in [0.15, 0.2) is 11.7 Å². The maximum absolute atomic E-state index is 3.72. The second-order valence-corrected chi connectivity index (χ2v) is 1.23. The van der Waals surface area contributed by atoms with Gasteiger partial charge in [-0.25, -0.2) is 0 Å². The number of hydrogen-bond acceptors (Lipinski definition) is 2. The smallest absolute Gasteiger partial charge is 0.0335 e. The van der Waals surface area contributed by atoms with Gasteiger partial charge in [0.15, 0.2) is 0 Å². The lowest BCUT2D eigenvalue weighted by molar-refractivity contribution is 0.378. The molecule has 0 aliphatic rings. The van der Waals surface area contributed by atoms with Crippen molar-refractivity contribution in [3.8, 4) is 0 Å². The average Bonchev–Trinajstić information content (AvgIpc) is 1.68. The SMILES string of the molecule is C=C=NN(C)CC. The Balaban J connectivity index is 3.35. The van der Waals surface area contributed by atoms with E-state index in [-0.39, 0.29) is 0 Å². The summed E-state index contributed by atoms with van der Waals surface area (Å²) in [5.41, 5.74) is 0. The molecule has 0 saturated carbocycles. The summed E-state index contributed by atoms with van der Waals surface area (Å²) in [5.74, 6) is 2.42. The van der Waals surface area contributed by atoms with Crippen LogP contribution in [0.4, 0.5) is 0 Å². The van der Waals surface area contributed by atoms with Crippen molar-refractivity contribution in [3.63, 3.8) is 0 Å². The van der Waals surface area contributed by atoms with Crippen LogP contribution >= 0.6 is 0 Å². The summed E-state index contributed by atoms with van der Waals surface area (Å²) in [5, 5.41) is 5.47. The first-order chi connectivity index (χ1) is 3.31. The summed E-state index contributed by atoms with van der Waals surface area (Å²) in [6, 6.07) is 0. The van der Waals surface area contributed by atoms with E-state index in [0.717, 1.165) is 6.54 Å². The second kappa shape index (κ2) is 3.44. The maximum Gasteiger partial charge on any atom is 0.0335 e. The first kappa shape index (κ1) is 6.25. The van der Waals surface area contributed by atoms with Gasteiger partial charge in [-0.3, -0.25) is 5.01 Å². The minimum absolute atomic E-state index is 0.905. The third-order valence-electron chi connectivity index (χ3n) is 0.699. The molecule has 0 radical (unpaired) electrons. The highest BCUT2D eigenvalue weighted by molar-refractivity contribution is 5.45. The van der Waals surface area contributed by atoms with Crippen LogP contribution in [-0.2, 0) is 0 Å². The lowest BCUT2D eigenvalue weighted by atomic mass is 10.7. The van der Waals surface area contributed by atoms with Gasteiger partial charge >= 0.3 is 0 Å². The molecule has 7 heavy (non-hydrogen) atoms. The van der Waals surface area contributed by atoms with Gasteiger partial charge in [0.1, 0.15) is 0 Å². The molecule has 40 valence electrons. The topological polar surface area (TPSA) is 15.6 Å². The van der Waals surface area contributed by atoms with Crippen LogP contribution in [-0.4, -0.2) is 24.5 Å². The van der Waals surface area contributed by atoms with Crippen LogP contribution in [0.5, 0.6) is 0 Å². The van der Waals surface area contributed by atoms with Gasteiger partial charge in [-0.15, -0.1) is 5.10 Å². The number of nitrogens with zero attached hydrogens (tertiary/aromatic N) is 2. The fraction of sp³-hybridized carbons (Fsp3) is 0.600. The molecule has 0 saturated heterocycles. The summed E-state index contributed by atoms with van der Waals surface area (Å²) in [6.45, 7) is 6.24. The largest absolute Gasteiger partial charge is 0.292 e. The van der Waals surface area contributed by atoms with Crippen LogP contribution in [0.25, 0.3) is 0 Å². The maximum atomic E-state index is 3.72. The van der Waals surface area contributed by atoms with Crippen LogP contribution < -0.4 is 0 Å². The number of hydrazone groups is 1. The van der Waals surface area contributed by atoms with Crippen LogP contribution in [0.1, 0.15) is 6.92 Å². The Morgan fingerprint density at radius 3 is 2.57 bits per heavy atom. The molecule has 0 bridgehead atoms. The Kier molecular flexibility index (Phi) is 3.07. The lowest BCUT2D eigenvalue weighted by Gasteiger charge is -2.03. The van der Waals surface area contributed by atoms with Crippen LogP contribution in [0.2, 0.25) is 0 Å². The Hall–Kier alpha value is -0.750. The molecule has 2 heteroatoms. The van der Waals surface area contributed by atoms with Crippen molar-refractivity contribution in [1.29, 1.82) is 0 Å². The number of hydrogen-bond donors (Lipinski definition) is 0. The van der Waals surface area contributed by atoms with Gasteiger partial charge < -0.3 is 0 Å². The van der Waals surface area contributed by atoms with Gasteiger partial charge in [-0.1, -0.05) is 0 Å². The van der Waals surface area contributed by atoms with Crippen molar-refractivity contribution < 1.29 is 0 Å². The monoisotopic (exact) mass is 98.1 g/mol. The van der Waals surface area contributed by atoms with E-state index in [9.17, 15) is 0 Å². The Morgan fingerprint density at radius 2 is 2.43 bits per heavy atom. The molecule has 0 unspecified atom stereocenters. The van der Waals surface area contributed by atoms with Gasteiger partial charge in [0.2, 0.25) is 0 Å². The predicted molar refractivity (Wildman–Crippen MR) is 31.4 cm³/mol. The standard InChI is InChI=1S/C5H10N2/c1-4-6-7(3)5-2/h1,5H2,2-3H3. The molecule has 2 nitrogen and oxygen atoms in total. The van der Waals surface area contributed by atoms with Crippen molar-refractivity contribution >= 4 is 5.87 Å². The fourth-order valence-corrected chi connectivity index (χ4v) is 0.191. The summed E-state index contributed by atoms with van der Waals surface area (Å²) >= 11 is 0. The minimum Gasteiger partial charge on any atom is -0.292 e. The summed E-state index contributed by atoms with van der Waals surface area (Å²) in [7, 11) is 1.87. The first-order valence-corrected chi connectivity index (χ1v) is 2.25. The molecule has 0 aliphatic carbocycles. The molecule has 0 atom stereocenters. The summed E-state index contributed by atoms with van der Waals surface area (Å²) < 4.78 is 0. The molecule has 0 aromatic rings. The molecule has 0 aromatic carbocycles. The van der Waals surface area contributed by atoms with Gasteiger partial charge in [0, 0.05) is 19.5 Å². The summed E-state index contributed by atoms with van der Waals surface area (Å²) in [4.78, 5) is 0. The summed E-state index contributed by atoms with van der Waals surface area (Å²) in [6.07, 6.45) is 0. The highest BCUT2D eigenvalue weighted by Gasteiger charge is 1.77. The zero-order valence-electron chi connectivity index (χ0n) is 4.81. The van der Waals surface area contributed by atoms with Crippen LogP contribution in [0.3, 0.4) is 0 Å². The molecule has 0 rings (SSSR count). The van der Waals surface area contributed by atoms with Gasteiger partial charge in [0.25, 0.3) is 0 Å². The van der Waals surface area contributed by atoms with Gasteiger partial charge in [0.05, 0.1) is 0 Å². The van der Waals surface area contributed by atoms with E-state index in [1.165, 1.54) is 0 Å². The molecule has 0 heterocycles. The minimum atomic E-state index is 0.905. The third-order valence-corrected chi connectivity index (χ3v) is 0.699. The Bertz CT molecular complexity index is 82.1. The molecule has 0 spiro atoms. The van der Waals surface area contributed by atoms with E-state index in [4.69, 9.17) is 0 Å². The van der Waals surface area contributed by atoms with Crippen molar-refractivity contribution in [2.75, 3.05) is 13.6 Å². The first-order valence-electron chi connectivity index (χ1n) is 2.25. The third kappa shape index (κ3) is 3.07. The van der Waals surface area contributed by atoms with Crippen molar-refractivity contribution in [2.24, 2.45) is 5.10 Å². The average molecular weight is 98.1 g/mol. The quantitative estimate of drug-likeness (QED) is 0.367. The predicted octanol–water partition coefficient (Wildman–Crippen LogP) is 0.709. The van der Waals surface area contributed by atoms with E-state index in [1.54, 1.807) is 5.01 Å². The number of rotatable bonds is 2. The van der Waals surface area contributed by atoms with E-state index in [1.807, 2.05) is 14.0 Å². The molecule has 0 aromatic heterocycles. The molecule has 0 amide bonds. The molecular formula is C5H10N2. The highest BCUT2D eigenvalue weighted by atomic mass is 15.4. The van der Waals surface area contributed by atoms with Crippen molar-refractivity contribution in [2.45, 2.75) is 6.92 Å². The van der Waals surface area contributed by atoms with Crippen LogP contribution in [0, 0.1) is 0 Å². The van der Waals surface area contributed by atoms with Gasteiger partial charge in [-0.2, -0.15) is 0 Å². The van der Waals surface area contributed by atoms with E-state index in [2.05, 4.69) is 17.6 Å². The van der Waals surface area contributed by atoms with E-state index >= 15 is 0 Å². The normalized spacial score (nSPS) is 7.14. The van der Waals surface area contributed by atoms with E-state index in [0.29, 0.717) is 0 Å². The zero-order chi connectivity index (χ0) is 5.70. The van der Waals surface area contributed by atoms with Crippen molar-refractivity contribution in [3.05, 3.63) is 6.58 Å². The Morgan fingerprint density at radius 1 is 1.86 bits per heavy atom. The molecule has 0 aliphatic heterocycles. The molecular weight excluding hydrogens is 88.1 g/mol. The van der Waals surface area contributed by atoms with Gasteiger partial charge in [-0.05, 0) is 13.5 Å². The lowest BCUT2D eigenvalue weighted by Crippen LogP contribution is -2.07. The highest BCUT2D eigenvalue weighted by Crippen LogP contribution is 1.75. The second-order valence-electron chi connectivity index (χ2n) is 1.23. The van der Waals surface area contributed by atoms with Crippen molar-refractivity contribution in [1.82, 2.24) is 5.01 Å². The molecule has 0 fully saturated rings.